The average Bonchev–Trinajstić information content (AvgIpc) is 3.45. The molecular weight excluding hydrogens is 364 g/mol. The Hall–Kier alpha value is -2.19. The Bertz CT molecular complexity index is 770. The van der Waals surface area contributed by atoms with Crippen molar-refractivity contribution in [3.8, 4) is 5.88 Å². The van der Waals surface area contributed by atoms with Crippen LogP contribution in [0, 0.1) is 5.92 Å². The van der Waals surface area contributed by atoms with Crippen LogP contribution in [-0.4, -0.2) is 36.3 Å². The molecule has 2 aromatic heterocycles. The lowest BCUT2D eigenvalue weighted by molar-refractivity contribution is 0.0860. The Kier molecular flexibility index (Phi) is 5.54. The van der Waals surface area contributed by atoms with E-state index in [2.05, 4.69) is 20.6 Å². The maximum absolute atomic E-state index is 12.5. The molecule has 4 rings (SSSR count). The zero-order valence-corrected chi connectivity index (χ0v) is 16.1. The summed E-state index contributed by atoms with van der Waals surface area (Å²) in [6, 6.07) is 3.52. The predicted molar refractivity (Wildman–Crippen MR) is 103 cm³/mol. The molecule has 2 aliphatic rings. The zero-order valence-electron chi connectivity index (χ0n) is 15.3. The van der Waals surface area contributed by atoms with Gasteiger partial charge < -0.3 is 14.8 Å². The lowest BCUT2D eigenvalue weighted by Gasteiger charge is -2.20. The van der Waals surface area contributed by atoms with Crippen molar-refractivity contribution in [3.63, 3.8) is 0 Å². The predicted octanol–water partition coefficient (Wildman–Crippen LogP) is 3.71. The highest BCUT2D eigenvalue weighted by molar-refractivity contribution is 7.15. The number of anilines is 1. The highest BCUT2D eigenvalue weighted by atomic mass is 32.1. The number of hydrogen-bond donors (Lipinski definition) is 2. The molecule has 0 spiro atoms. The topological polar surface area (TPSA) is 85.4 Å². The number of nitrogens with one attached hydrogen (secondary N) is 2. The number of nitrogens with zero attached hydrogens (tertiary/aromatic N) is 2. The van der Waals surface area contributed by atoms with Gasteiger partial charge in [0.1, 0.15) is 0 Å². The van der Waals surface area contributed by atoms with E-state index < -0.39 is 0 Å². The summed E-state index contributed by atoms with van der Waals surface area (Å²) in [5.74, 6) is 1.51. The molecule has 1 atom stereocenters. The first-order valence-corrected chi connectivity index (χ1v) is 10.2. The molecule has 1 saturated heterocycles. The van der Waals surface area contributed by atoms with E-state index in [1.807, 2.05) is 18.3 Å². The smallest absolute Gasteiger partial charge is 0.321 e. The van der Waals surface area contributed by atoms with Crippen molar-refractivity contribution in [1.82, 2.24) is 15.3 Å². The van der Waals surface area contributed by atoms with Crippen LogP contribution in [0.4, 0.5) is 9.93 Å². The maximum Gasteiger partial charge on any atom is 0.321 e. The van der Waals surface area contributed by atoms with Gasteiger partial charge in [-0.15, -0.1) is 11.3 Å². The van der Waals surface area contributed by atoms with Crippen molar-refractivity contribution >= 4 is 22.5 Å². The van der Waals surface area contributed by atoms with Gasteiger partial charge in [-0.2, -0.15) is 0 Å². The van der Waals surface area contributed by atoms with Gasteiger partial charge >= 0.3 is 6.03 Å². The van der Waals surface area contributed by atoms with Crippen molar-refractivity contribution in [2.24, 2.45) is 5.92 Å². The number of amides is 2. The number of methoxy groups -OCH3 is 1. The van der Waals surface area contributed by atoms with Crippen LogP contribution in [0.2, 0.25) is 0 Å². The number of aromatic nitrogens is 2. The molecule has 27 heavy (non-hydrogen) atoms. The second-order valence-electron chi connectivity index (χ2n) is 7.00. The Morgan fingerprint density at radius 2 is 2.04 bits per heavy atom. The molecule has 2 amide bonds. The molecule has 2 fully saturated rings. The Morgan fingerprint density at radius 1 is 1.22 bits per heavy atom. The molecule has 2 N–H and O–H groups in total. The largest absolute Gasteiger partial charge is 0.481 e. The highest BCUT2D eigenvalue weighted by Crippen LogP contribution is 2.41. The average molecular weight is 388 g/mol. The molecule has 0 bridgehead atoms. The number of hydrogen-bond acceptors (Lipinski definition) is 6. The van der Waals surface area contributed by atoms with E-state index >= 15 is 0 Å². The molecule has 3 heterocycles. The number of pyridine rings is 1. The molecule has 0 radical (unpaired) electrons. The molecule has 7 nitrogen and oxygen atoms in total. The van der Waals surface area contributed by atoms with E-state index in [0.717, 1.165) is 44.5 Å². The van der Waals surface area contributed by atoms with Crippen molar-refractivity contribution in [1.29, 1.82) is 0 Å². The van der Waals surface area contributed by atoms with Crippen LogP contribution in [0.15, 0.2) is 24.5 Å². The Labute approximate surface area is 162 Å². The van der Waals surface area contributed by atoms with Crippen LogP contribution < -0.4 is 15.4 Å². The summed E-state index contributed by atoms with van der Waals surface area (Å²) in [6.07, 6.45) is 7.91. The zero-order chi connectivity index (χ0) is 18.6. The molecule has 1 aliphatic carbocycles. The van der Waals surface area contributed by atoms with Gasteiger partial charge in [0, 0.05) is 36.6 Å². The number of ether oxygens (including phenoxy) is 2. The summed E-state index contributed by atoms with van der Waals surface area (Å²) in [4.78, 5) is 22.4. The molecule has 0 aromatic carbocycles. The van der Waals surface area contributed by atoms with E-state index in [4.69, 9.17) is 9.47 Å². The summed E-state index contributed by atoms with van der Waals surface area (Å²) in [5, 5.41) is 6.61. The van der Waals surface area contributed by atoms with Gasteiger partial charge in [-0.25, -0.2) is 14.8 Å². The summed E-state index contributed by atoms with van der Waals surface area (Å²) in [7, 11) is 1.59. The summed E-state index contributed by atoms with van der Waals surface area (Å²) < 4.78 is 10.5. The molecule has 144 valence electrons. The van der Waals surface area contributed by atoms with Crippen molar-refractivity contribution < 1.29 is 14.3 Å². The van der Waals surface area contributed by atoms with Crippen molar-refractivity contribution in [2.45, 2.75) is 37.6 Å². The maximum atomic E-state index is 12.5. The van der Waals surface area contributed by atoms with E-state index in [9.17, 15) is 4.79 Å². The van der Waals surface area contributed by atoms with E-state index in [1.54, 1.807) is 24.6 Å². The first-order chi connectivity index (χ1) is 13.2. The fourth-order valence-corrected chi connectivity index (χ4v) is 4.37. The fraction of sp³-hybridized carbons (Fsp3) is 0.526. The molecule has 2 aromatic rings. The molecule has 1 saturated carbocycles. The van der Waals surface area contributed by atoms with Crippen molar-refractivity contribution in [2.75, 3.05) is 25.6 Å². The normalized spacial score (nSPS) is 18.7. The number of thiazole rings is 1. The van der Waals surface area contributed by atoms with Gasteiger partial charge in [-0.1, -0.05) is 6.07 Å². The van der Waals surface area contributed by atoms with Gasteiger partial charge in [0.05, 0.1) is 13.2 Å². The number of urea groups is 1. The van der Waals surface area contributed by atoms with E-state index in [-0.39, 0.29) is 12.1 Å². The summed E-state index contributed by atoms with van der Waals surface area (Å²) in [6.45, 7) is 1.59. The van der Waals surface area contributed by atoms with Crippen LogP contribution in [0.3, 0.4) is 0 Å². The fourth-order valence-electron chi connectivity index (χ4n) is 3.39. The first-order valence-electron chi connectivity index (χ1n) is 9.34. The quantitative estimate of drug-likeness (QED) is 0.788. The molecule has 1 unspecified atom stereocenters. The second-order valence-corrected chi connectivity index (χ2v) is 8.06. The third kappa shape index (κ3) is 4.56. The lowest BCUT2D eigenvalue weighted by Crippen LogP contribution is -2.33. The number of carbonyl (C=O) groups is 1. The van der Waals surface area contributed by atoms with Crippen LogP contribution in [0.25, 0.3) is 0 Å². The lowest BCUT2D eigenvalue weighted by atomic mass is 9.99. The number of rotatable bonds is 6. The minimum absolute atomic E-state index is 0.0432. The summed E-state index contributed by atoms with van der Waals surface area (Å²) >= 11 is 1.55. The summed E-state index contributed by atoms with van der Waals surface area (Å²) in [5.41, 5.74) is 0.996. The van der Waals surface area contributed by atoms with Gasteiger partial charge in [0.2, 0.25) is 5.88 Å². The van der Waals surface area contributed by atoms with Gasteiger partial charge in [0.15, 0.2) is 5.13 Å². The Morgan fingerprint density at radius 3 is 2.70 bits per heavy atom. The van der Waals surface area contributed by atoms with Crippen LogP contribution in [-0.2, 0) is 4.74 Å². The standard InChI is InChI=1S/C19H24N4O3S/c1-25-16-5-4-14(10-20-16)17(13-2-3-13)22-18(24)23-19-21-11-15(27-19)12-6-8-26-9-7-12/h4-5,10-13,17H,2-3,6-9H2,1H3,(H2,21,22,23,24). The SMILES string of the molecule is COc1ccc(C(NC(=O)Nc2ncc(C3CCOCC3)s2)C2CC2)cn1. The van der Waals surface area contributed by atoms with Gasteiger partial charge in [-0.05, 0) is 43.1 Å². The van der Waals surface area contributed by atoms with Crippen molar-refractivity contribution in [3.05, 3.63) is 35.0 Å². The molecule has 8 heteroatoms. The Balaban J connectivity index is 1.37. The van der Waals surface area contributed by atoms with Gasteiger partial charge in [-0.3, -0.25) is 5.32 Å². The van der Waals surface area contributed by atoms with E-state index in [1.165, 1.54) is 4.88 Å². The third-order valence-electron chi connectivity index (χ3n) is 5.08. The molecular formula is C19H24N4O3S. The van der Waals surface area contributed by atoms with E-state index in [0.29, 0.717) is 22.8 Å². The van der Waals surface area contributed by atoms with Crippen LogP contribution in [0.1, 0.15) is 48.1 Å². The highest BCUT2D eigenvalue weighted by Gasteiger charge is 2.34. The molecule has 1 aliphatic heterocycles. The monoisotopic (exact) mass is 388 g/mol. The third-order valence-corrected chi connectivity index (χ3v) is 6.15. The van der Waals surface area contributed by atoms with Crippen LogP contribution in [0.5, 0.6) is 5.88 Å². The first kappa shape index (κ1) is 18.2. The number of carbonyl (C=O) groups excluding carboxylic acids is 1. The minimum atomic E-state index is -0.226. The second kappa shape index (κ2) is 8.22. The van der Waals surface area contributed by atoms with Gasteiger partial charge in [0.25, 0.3) is 0 Å². The van der Waals surface area contributed by atoms with Crippen LogP contribution >= 0.6 is 11.3 Å². The minimum Gasteiger partial charge on any atom is -0.481 e.